The van der Waals surface area contributed by atoms with Crippen molar-refractivity contribution in [2.24, 2.45) is 17.4 Å². The van der Waals surface area contributed by atoms with Crippen LogP contribution in [0.1, 0.15) is 32.1 Å². The van der Waals surface area contributed by atoms with Crippen LogP contribution in [0.5, 0.6) is 0 Å². The van der Waals surface area contributed by atoms with Crippen LogP contribution >= 0.6 is 0 Å². The van der Waals surface area contributed by atoms with Gasteiger partial charge in [0.25, 0.3) is 0 Å². The molecule has 4 N–H and O–H groups in total. The standard InChI is InChI=1S/C12H20N4O2/c13-6-9-4-2-1-3-5-10(9)16(7-11(14)17)8-12(15)18/h9-10H,1-5,7-8H2,(H2,14,17)(H2,15,18). The van der Waals surface area contributed by atoms with Crippen LogP contribution in [0.2, 0.25) is 0 Å². The van der Waals surface area contributed by atoms with Crippen LogP contribution in [0.25, 0.3) is 0 Å². The summed E-state index contributed by atoms with van der Waals surface area (Å²) in [6.45, 7) is -0.0441. The quantitative estimate of drug-likeness (QED) is 0.656. The minimum Gasteiger partial charge on any atom is -0.369 e. The third-order valence-corrected chi connectivity index (χ3v) is 3.33. The van der Waals surface area contributed by atoms with Gasteiger partial charge in [-0.1, -0.05) is 19.3 Å². The van der Waals surface area contributed by atoms with Gasteiger partial charge in [0.1, 0.15) is 0 Å². The molecule has 2 unspecified atom stereocenters. The average Bonchev–Trinajstić information content (AvgIpc) is 2.51. The Hall–Kier alpha value is -1.61. The predicted molar refractivity (Wildman–Crippen MR) is 65.9 cm³/mol. The summed E-state index contributed by atoms with van der Waals surface area (Å²) in [4.78, 5) is 23.8. The molecule has 1 rings (SSSR count). The molecular weight excluding hydrogens is 232 g/mol. The van der Waals surface area contributed by atoms with E-state index in [-0.39, 0.29) is 25.0 Å². The Morgan fingerprint density at radius 3 is 2.17 bits per heavy atom. The van der Waals surface area contributed by atoms with E-state index >= 15 is 0 Å². The van der Waals surface area contributed by atoms with E-state index in [1.54, 1.807) is 4.90 Å². The Kier molecular flexibility index (Phi) is 5.59. The number of hydrogen-bond donors (Lipinski definition) is 2. The molecule has 0 bridgehead atoms. The fourth-order valence-corrected chi connectivity index (χ4v) is 2.57. The number of carbonyl (C=O) groups excluding carboxylic acids is 2. The zero-order valence-corrected chi connectivity index (χ0v) is 10.5. The van der Waals surface area contributed by atoms with Crippen LogP contribution in [0, 0.1) is 17.2 Å². The highest BCUT2D eigenvalue weighted by Crippen LogP contribution is 2.26. The van der Waals surface area contributed by atoms with Gasteiger partial charge >= 0.3 is 0 Å². The molecule has 1 aliphatic rings. The number of rotatable bonds is 5. The molecule has 0 aromatic carbocycles. The van der Waals surface area contributed by atoms with E-state index in [1.807, 2.05) is 0 Å². The molecule has 0 saturated heterocycles. The lowest BCUT2D eigenvalue weighted by molar-refractivity contribution is -0.123. The molecule has 0 radical (unpaired) electrons. The fourth-order valence-electron chi connectivity index (χ4n) is 2.57. The summed E-state index contributed by atoms with van der Waals surface area (Å²) >= 11 is 0. The van der Waals surface area contributed by atoms with E-state index in [0.717, 1.165) is 32.1 Å². The summed E-state index contributed by atoms with van der Waals surface area (Å²) < 4.78 is 0. The second-order valence-electron chi connectivity index (χ2n) is 4.78. The molecule has 0 aliphatic heterocycles. The van der Waals surface area contributed by atoms with E-state index in [0.29, 0.717) is 0 Å². The number of nitriles is 1. The number of primary amides is 2. The van der Waals surface area contributed by atoms with Gasteiger partial charge in [0, 0.05) is 6.04 Å². The molecule has 1 saturated carbocycles. The van der Waals surface area contributed by atoms with Gasteiger partial charge in [-0.15, -0.1) is 0 Å². The van der Waals surface area contributed by atoms with Gasteiger partial charge in [0.2, 0.25) is 11.8 Å². The van der Waals surface area contributed by atoms with E-state index in [2.05, 4.69) is 6.07 Å². The first-order chi connectivity index (χ1) is 8.54. The Balaban J connectivity index is 2.81. The summed E-state index contributed by atoms with van der Waals surface area (Å²) in [6, 6.07) is 2.18. The molecular formula is C12H20N4O2. The molecule has 100 valence electrons. The van der Waals surface area contributed by atoms with Gasteiger partial charge < -0.3 is 11.5 Å². The van der Waals surface area contributed by atoms with Crippen LogP contribution in [-0.4, -0.2) is 35.8 Å². The lowest BCUT2D eigenvalue weighted by Crippen LogP contribution is -2.48. The van der Waals surface area contributed by atoms with Crippen LogP contribution < -0.4 is 11.5 Å². The zero-order valence-electron chi connectivity index (χ0n) is 10.5. The van der Waals surface area contributed by atoms with Crippen molar-refractivity contribution in [2.45, 2.75) is 38.1 Å². The van der Waals surface area contributed by atoms with Crippen molar-refractivity contribution in [3.8, 4) is 6.07 Å². The maximum absolute atomic E-state index is 11.1. The van der Waals surface area contributed by atoms with E-state index in [4.69, 9.17) is 11.5 Å². The Morgan fingerprint density at radius 1 is 1.11 bits per heavy atom. The molecule has 0 spiro atoms. The smallest absolute Gasteiger partial charge is 0.231 e. The second-order valence-corrected chi connectivity index (χ2v) is 4.78. The predicted octanol–water partition coefficient (Wildman–Crippen LogP) is -0.269. The summed E-state index contributed by atoms with van der Waals surface area (Å²) in [6.07, 6.45) is 4.69. The van der Waals surface area contributed by atoms with Crippen molar-refractivity contribution in [1.82, 2.24) is 4.90 Å². The van der Waals surface area contributed by atoms with Crippen molar-refractivity contribution in [3.05, 3.63) is 0 Å². The maximum Gasteiger partial charge on any atom is 0.231 e. The van der Waals surface area contributed by atoms with Gasteiger partial charge in [-0.05, 0) is 12.8 Å². The lowest BCUT2D eigenvalue weighted by Gasteiger charge is -2.31. The number of nitrogens with two attached hydrogens (primary N) is 2. The molecule has 18 heavy (non-hydrogen) atoms. The first kappa shape index (κ1) is 14.5. The molecule has 1 aliphatic carbocycles. The molecule has 6 heteroatoms. The Bertz CT molecular complexity index is 334. The minimum atomic E-state index is -0.503. The Labute approximate surface area is 107 Å². The average molecular weight is 252 g/mol. The van der Waals surface area contributed by atoms with Gasteiger partial charge in [-0.25, -0.2) is 0 Å². The molecule has 0 aromatic rings. The molecule has 2 amide bonds. The molecule has 2 atom stereocenters. The zero-order chi connectivity index (χ0) is 13.5. The first-order valence-corrected chi connectivity index (χ1v) is 6.25. The van der Waals surface area contributed by atoms with Crippen LogP contribution in [0.15, 0.2) is 0 Å². The highest BCUT2D eigenvalue weighted by Gasteiger charge is 2.30. The monoisotopic (exact) mass is 252 g/mol. The van der Waals surface area contributed by atoms with Gasteiger partial charge in [0.05, 0.1) is 25.1 Å². The lowest BCUT2D eigenvalue weighted by atomic mass is 9.94. The van der Waals surface area contributed by atoms with Crippen LogP contribution in [0.4, 0.5) is 0 Å². The third-order valence-electron chi connectivity index (χ3n) is 3.33. The maximum atomic E-state index is 11.1. The van der Waals surface area contributed by atoms with Crippen LogP contribution in [-0.2, 0) is 9.59 Å². The third kappa shape index (κ3) is 4.34. The summed E-state index contributed by atoms with van der Waals surface area (Å²) in [5.41, 5.74) is 10.4. The second kappa shape index (κ2) is 6.97. The van der Waals surface area contributed by atoms with Crippen molar-refractivity contribution < 1.29 is 9.59 Å². The highest BCUT2D eigenvalue weighted by molar-refractivity contribution is 5.79. The van der Waals surface area contributed by atoms with Crippen molar-refractivity contribution >= 4 is 11.8 Å². The largest absolute Gasteiger partial charge is 0.369 e. The first-order valence-electron chi connectivity index (χ1n) is 6.25. The summed E-state index contributed by atoms with van der Waals surface area (Å²) in [7, 11) is 0. The number of carbonyl (C=O) groups is 2. The van der Waals surface area contributed by atoms with Crippen molar-refractivity contribution in [2.75, 3.05) is 13.1 Å². The summed E-state index contributed by atoms with van der Waals surface area (Å²) in [5, 5.41) is 9.19. The molecule has 1 fully saturated rings. The topological polar surface area (TPSA) is 113 Å². The number of hydrogen-bond acceptors (Lipinski definition) is 4. The minimum absolute atomic E-state index is 0.0220. The van der Waals surface area contributed by atoms with E-state index < -0.39 is 11.8 Å². The van der Waals surface area contributed by atoms with Crippen molar-refractivity contribution in [1.29, 1.82) is 5.26 Å². The van der Waals surface area contributed by atoms with E-state index in [1.165, 1.54) is 0 Å². The molecule has 6 nitrogen and oxygen atoms in total. The normalized spacial score (nSPS) is 24.2. The SMILES string of the molecule is N#CC1CCCCCC1N(CC(N)=O)CC(N)=O. The van der Waals surface area contributed by atoms with Gasteiger partial charge in [-0.3, -0.25) is 14.5 Å². The van der Waals surface area contributed by atoms with Gasteiger partial charge in [-0.2, -0.15) is 5.26 Å². The highest BCUT2D eigenvalue weighted by atomic mass is 16.2. The van der Waals surface area contributed by atoms with Crippen molar-refractivity contribution in [3.63, 3.8) is 0 Å². The summed E-state index contributed by atoms with van der Waals surface area (Å²) in [5.74, 6) is -1.17. The van der Waals surface area contributed by atoms with E-state index in [9.17, 15) is 14.9 Å². The fraction of sp³-hybridized carbons (Fsp3) is 0.750. The Morgan fingerprint density at radius 2 is 1.67 bits per heavy atom. The number of nitrogens with zero attached hydrogens (tertiary/aromatic N) is 2. The molecule has 0 heterocycles. The number of amides is 2. The van der Waals surface area contributed by atoms with Crippen LogP contribution in [0.3, 0.4) is 0 Å². The van der Waals surface area contributed by atoms with Gasteiger partial charge in [0.15, 0.2) is 0 Å². The molecule has 0 aromatic heterocycles.